The summed E-state index contributed by atoms with van der Waals surface area (Å²) in [4.78, 5) is 0.314. The minimum Gasteiger partial charge on any atom is -0.384 e. The van der Waals surface area contributed by atoms with Gasteiger partial charge in [-0.3, -0.25) is 0 Å². The van der Waals surface area contributed by atoms with Crippen LogP contribution in [0.4, 0.5) is 5.69 Å². The minimum atomic E-state index is -3.50. The molecule has 0 unspecified atom stereocenters. The second-order valence-electron chi connectivity index (χ2n) is 4.95. The summed E-state index contributed by atoms with van der Waals surface area (Å²) in [6.07, 6.45) is 3.90. The monoisotopic (exact) mass is 330 g/mol. The van der Waals surface area contributed by atoms with Crippen molar-refractivity contribution in [3.05, 3.63) is 24.3 Å². The molecule has 0 aliphatic carbocycles. The molecule has 1 aromatic carbocycles. The molecule has 0 fully saturated rings. The topological polar surface area (TPSA) is 58.2 Å². The molecular formula is C15H26N2O2S2. The number of para-hydroxylation sites is 1. The van der Waals surface area contributed by atoms with Gasteiger partial charge in [-0.05, 0) is 38.2 Å². The molecule has 21 heavy (non-hydrogen) atoms. The third kappa shape index (κ3) is 4.63. The maximum absolute atomic E-state index is 12.6. The van der Waals surface area contributed by atoms with Crippen LogP contribution in [0.1, 0.15) is 33.6 Å². The zero-order valence-electron chi connectivity index (χ0n) is 13.3. The van der Waals surface area contributed by atoms with Gasteiger partial charge in [-0.1, -0.05) is 26.0 Å². The first-order valence-corrected chi connectivity index (χ1v) is 10.0. The first-order chi connectivity index (χ1) is 9.94. The number of nitrogens with one attached hydrogen (secondary N) is 2. The maximum Gasteiger partial charge on any atom is 0.242 e. The second-order valence-corrected chi connectivity index (χ2v) is 7.95. The summed E-state index contributed by atoms with van der Waals surface area (Å²) in [7, 11) is -3.50. The summed E-state index contributed by atoms with van der Waals surface area (Å²) in [5.74, 6) is 0. The summed E-state index contributed by atoms with van der Waals surface area (Å²) >= 11 is 1.73. The van der Waals surface area contributed by atoms with E-state index in [1.165, 1.54) is 0 Å². The zero-order valence-corrected chi connectivity index (χ0v) is 14.9. The van der Waals surface area contributed by atoms with Crippen molar-refractivity contribution in [3.63, 3.8) is 0 Å². The van der Waals surface area contributed by atoms with Crippen molar-refractivity contribution in [3.8, 4) is 0 Å². The lowest BCUT2D eigenvalue weighted by molar-refractivity contribution is 0.522. The van der Waals surface area contributed by atoms with Crippen molar-refractivity contribution in [2.45, 2.75) is 43.3 Å². The highest BCUT2D eigenvalue weighted by molar-refractivity contribution is 8.00. The predicted molar refractivity (Wildman–Crippen MR) is 92.6 cm³/mol. The average Bonchev–Trinajstić information content (AvgIpc) is 2.50. The Balaban J connectivity index is 2.97. The van der Waals surface area contributed by atoms with Crippen LogP contribution < -0.4 is 10.0 Å². The lowest BCUT2D eigenvalue weighted by atomic mass is 10.0. The Morgan fingerprint density at radius 2 is 1.76 bits per heavy atom. The molecule has 0 aliphatic heterocycles. The van der Waals surface area contributed by atoms with Gasteiger partial charge in [-0.25, -0.2) is 13.1 Å². The van der Waals surface area contributed by atoms with Crippen LogP contribution >= 0.6 is 11.8 Å². The van der Waals surface area contributed by atoms with Gasteiger partial charge in [0, 0.05) is 17.8 Å². The molecule has 4 nitrogen and oxygen atoms in total. The molecule has 0 heterocycles. The highest BCUT2D eigenvalue weighted by Crippen LogP contribution is 2.30. The fraction of sp³-hybridized carbons (Fsp3) is 0.600. The molecular weight excluding hydrogens is 304 g/mol. The van der Waals surface area contributed by atoms with Gasteiger partial charge in [-0.2, -0.15) is 11.8 Å². The van der Waals surface area contributed by atoms with Gasteiger partial charge >= 0.3 is 0 Å². The summed E-state index contributed by atoms with van der Waals surface area (Å²) < 4.78 is 27.9. The van der Waals surface area contributed by atoms with Gasteiger partial charge < -0.3 is 5.32 Å². The van der Waals surface area contributed by atoms with E-state index in [2.05, 4.69) is 23.9 Å². The van der Waals surface area contributed by atoms with E-state index >= 15 is 0 Å². The Morgan fingerprint density at radius 1 is 1.14 bits per heavy atom. The van der Waals surface area contributed by atoms with Crippen LogP contribution in [-0.2, 0) is 10.0 Å². The molecule has 0 aromatic heterocycles. The van der Waals surface area contributed by atoms with Crippen molar-refractivity contribution in [1.82, 2.24) is 4.72 Å². The van der Waals surface area contributed by atoms with Gasteiger partial charge in [0.1, 0.15) is 4.90 Å². The molecule has 2 N–H and O–H groups in total. The van der Waals surface area contributed by atoms with Gasteiger partial charge in [0.15, 0.2) is 0 Å². The third-order valence-corrected chi connectivity index (χ3v) is 6.90. The van der Waals surface area contributed by atoms with Crippen LogP contribution in [0.15, 0.2) is 29.2 Å². The lowest BCUT2D eigenvalue weighted by Gasteiger charge is -2.29. The van der Waals surface area contributed by atoms with E-state index in [0.717, 1.165) is 12.8 Å². The van der Waals surface area contributed by atoms with Crippen molar-refractivity contribution in [2.75, 3.05) is 24.7 Å². The summed E-state index contributed by atoms with van der Waals surface area (Å²) in [6, 6.07) is 7.01. The van der Waals surface area contributed by atoms with Crippen molar-refractivity contribution in [1.29, 1.82) is 0 Å². The Kier molecular flexibility index (Phi) is 7.03. The fourth-order valence-electron chi connectivity index (χ4n) is 2.20. The van der Waals surface area contributed by atoms with E-state index in [-0.39, 0.29) is 4.75 Å². The molecule has 1 rings (SSSR count). The standard InChI is InChI=1S/C15H26N2O2S2/c1-5-15(6-2,20-4)12-17-21(18,19)14-11-9-8-10-13(14)16-7-3/h8-11,16-17H,5-7,12H2,1-4H3. The van der Waals surface area contributed by atoms with Gasteiger partial charge in [0.2, 0.25) is 10.0 Å². The highest BCUT2D eigenvalue weighted by Gasteiger charge is 2.28. The first kappa shape index (κ1) is 18.3. The Hall–Kier alpha value is -0.720. The number of anilines is 1. The number of hydrogen-bond acceptors (Lipinski definition) is 4. The molecule has 0 atom stereocenters. The first-order valence-electron chi connectivity index (χ1n) is 7.32. The van der Waals surface area contributed by atoms with E-state index < -0.39 is 10.0 Å². The summed E-state index contributed by atoms with van der Waals surface area (Å²) in [5, 5.41) is 3.10. The van der Waals surface area contributed by atoms with E-state index in [1.807, 2.05) is 19.2 Å². The van der Waals surface area contributed by atoms with Crippen LogP contribution in [0.25, 0.3) is 0 Å². The molecule has 0 aliphatic rings. The molecule has 0 radical (unpaired) electrons. The maximum atomic E-state index is 12.6. The quantitative estimate of drug-likeness (QED) is 0.729. The van der Waals surface area contributed by atoms with Crippen LogP contribution in [0.5, 0.6) is 0 Å². The Bertz CT molecular complexity index is 532. The van der Waals surface area contributed by atoms with E-state index in [9.17, 15) is 8.42 Å². The predicted octanol–water partition coefficient (Wildman–Crippen LogP) is 3.32. The molecule has 120 valence electrons. The third-order valence-electron chi connectivity index (χ3n) is 3.85. The number of hydrogen-bond donors (Lipinski definition) is 2. The zero-order chi connectivity index (χ0) is 15.9. The van der Waals surface area contributed by atoms with Crippen LogP contribution in [0.2, 0.25) is 0 Å². The largest absolute Gasteiger partial charge is 0.384 e. The molecule has 0 amide bonds. The molecule has 6 heteroatoms. The normalized spacial score (nSPS) is 12.4. The number of sulfonamides is 1. The molecule has 0 spiro atoms. The Labute approximate surface area is 133 Å². The van der Waals surface area contributed by atoms with E-state index in [0.29, 0.717) is 23.7 Å². The van der Waals surface area contributed by atoms with Gasteiger partial charge in [-0.15, -0.1) is 0 Å². The fourth-order valence-corrected chi connectivity index (χ4v) is 4.40. The van der Waals surface area contributed by atoms with Crippen LogP contribution in [0.3, 0.4) is 0 Å². The van der Waals surface area contributed by atoms with Crippen LogP contribution in [0, 0.1) is 0 Å². The molecule has 1 aromatic rings. The van der Waals surface area contributed by atoms with Crippen molar-refractivity contribution >= 4 is 27.5 Å². The minimum absolute atomic E-state index is 0.0415. The number of rotatable bonds is 9. The molecule has 0 saturated carbocycles. The van der Waals surface area contributed by atoms with Gasteiger partial charge in [0.25, 0.3) is 0 Å². The second kappa shape index (κ2) is 8.06. The van der Waals surface area contributed by atoms with Crippen LogP contribution in [-0.4, -0.2) is 32.5 Å². The lowest BCUT2D eigenvalue weighted by Crippen LogP contribution is -2.39. The van der Waals surface area contributed by atoms with Gasteiger partial charge in [0.05, 0.1) is 5.69 Å². The smallest absolute Gasteiger partial charge is 0.242 e. The average molecular weight is 331 g/mol. The molecule has 0 bridgehead atoms. The van der Waals surface area contributed by atoms with Crippen molar-refractivity contribution < 1.29 is 8.42 Å². The molecule has 0 saturated heterocycles. The van der Waals surface area contributed by atoms with E-state index in [4.69, 9.17) is 0 Å². The highest BCUT2D eigenvalue weighted by atomic mass is 32.2. The SMILES string of the molecule is CCNc1ccccc1S(=O)(=O)NCC(CC)(CC)SC. The van der Waals surface area contributed by atoms with Crippen molar-refractivity contribution in [2.24, 2.45) is 0 Å². The number of benzene rings is 1. The summed E-state index contributed by atoms with van der Waals surface area (Å²) in [6.45, 7) is 7.28. The van der Waals surface area contributed by atoms with E-state index in [1.54, 1.807) is 30.0 Å². The number of thioether (sulfide) groups is 1. The Morgan fingerprint density at radius 3 is 2.29 bits per heavy atom. The summed E-state index contributed by atoms with van der Waals surface area (Å²) in [5.41, 5.74) is 0.648.